The first-order chi connectivity index (χ1) is 9.33. The maximum absolute atomic E-state index is 13.3. The third-order valence-electron chi connectivity index (χ3n) is 2.39. The van der Waals surface area contributed by atoms with Crippen molar-refractivity contribution in [2.75, 3.05) is 0 Å². The van der Waals surface area contributed by atoms with E-state index >= 15 is 0 Å². The number of benzene rings is 1. The summed E-state index contributed by atoms with van der Waals surface area (Å²) in [5, 5.41) is 3.72. The quantitative estimate of drug-likeness (QED) is 0.721. The molecule has 19 heavy (non-hydrogen) atoms. The number of hydrogen-bond acceptors (Lipinski definition) is 5. The van der Waals surface area contributed by atoms with Crippen molar-refractivity contribution in [3.63, 3.8) is 0 Å². The van der Waals surface area contributed by atoms with Crippen LogP contribution in [0.4, 0.5) is 4.39 Å². The summed E-state index contributed by atoms with van der Waals surface area (Å²) in [6.45, 7) is 0.0190. The standard InChI is InChI=1S/C13H9FN2O3/c14-9-4-1-2-5-10(9)18-8-12-15-13(19-16-12)11-6-3-7-17-11/h1-7H,8H2. The zero-order chi connectivity index (χ0) is 13.1. The Balaban J connectivity index is 1.70. The van der Waals surface area contributed by atoms with E-state index in [0.717, 1.165) is 0 Å². The molecule has 0 aliphatic rings. The highest BCUT2D eigenvalue weighted by molar-refractivity contribution is 5.42. The van der Waals surface area contributed by atoms with Crippen LogP contribution in [0.2, 0.25) is 0 Å². The van der Waals surface area contributed by atoms with Crippen molar-refractivity contribution in [1.29, 1.82) is 0 Å². The second-order valence-corrected chi connectivity index (χ2v) is 3.71. The SMILES string of the molecule is Fc1ccccc1OCc1noc(-c2ccco2)n1. The molecular weight excluding hydrogens is 251 g/mol. The molecule has 1 aromatic carbocycles. The van der Waals surface area contributed by atoms with Gasteiger partial charge in [-0.1, -0.05) is 17.3 Å². The molecule has 0 bridgehead atoms. The van der Waals surface area contributed by atoms with Crippen LogP contribution in [0.15, 0.2) is 51.6 Å². The average Bonchev–Trinajstić information content (AvgIpc) is 3.09. The minimum Gasteiger partial charge on any atom is -0.482 e. The van der Waals surface area contributed by atoms with E-state index in [4.69, 9.17) is 13.7 Å². The number of nitrogens with zero attached hydrogens (tertiary/aromatic N) is 2. The van der Waals surface area contributed by atoms with Crippen LogP contribution in [0.5, 0.6) is 5.75 Å². The number of para-hydroxylation sites is 1. The molecule has 0 amide bonds. The highest BCUT2D eigenvalue weighted by Crippen LogP contribution is 2.19. The molecule has 5 nitrogen and oxygen atoms in total. The minimum absolute atomic E-state index is 0.0190. The van der Waals surface area contributed by atoms with Crippen LogP contribution >= 0.6 is 0 Å². The van der Waals surface area contributed by atoms with Crippen LogP contribution in [0.1, 0.15) is 5.82 Å². The summed E-state index contributed by atoms with van der Waals surface area (Å²) >= 11 is 0. The summed E-state index contributed by atoms with van der Waals surface area (Å²) in [5.74, 6) is 0.764. The zero-order valence-electron chi connectivity index (χ0n) is 9.75. The molecule has 0 atom stereocenters. The number of hydrogen-bond donors (Lipinski definition) is 0. The molecule has 0 unspecified atom stereocenters. The summed E-state index contributed by atoms with van der Waals surface area (Å²) in [7, 11) is 0. The summed E-state index contributed by atoms with van der Waals surface area (Å²) in [6.07, 6.45) is 1.51. The molecule has 3 aromatic rings. The van der Waals surface area contributed by atoms with Gasteiger partial charge in [-0.25, -0.2) is 4.39 Å². The number of ether oxygens (including phenoxy) is 1. The highest BCUT2D eigenvalue weighted by atomic mass is 19.1. The Bertz CT molecular complexity index is 664. The maximum atomic E-state index is 13.3. The van der Waals surface area contributed by atoms with Crippen LogP contribution < -0.4 is 4.74 Å². The normalized spacial score (nSPS) is 10.6. The number of rotatable bonds is 4. The lowest BCUT2D eigenvalue weighted by Crippen LogP contribution is -1.99. The second kappa shape index (κ2) is 4.93. The molecule has 0 radical (unpaired) electrons. The van der Waals surface area contributed by atoms with E-state index < -0.39 is 5.82 Å². The van der Waals surface area contributed by atoms with Gasteiger partial charge in [-0.15, -0.1) is 0 Å². The molecule has 2 heterocycles. The molecule has 0 saturated heterocycles. The molecule has 0 saturated carbocycles. The van der Waals surface area contributed by atoms with E-state index in [9.17, 15) is 4.39 Å². The van der Waals surface area contributed by atoms with E-state index in [1.54, 1.807) is 24.3 Å². The molecule has 2 aromatic heterocycles. The van der Waals surface area contributed by atoms with Gasteiger partial charge in [0, 0.05) is 0 Å². The lowest BCUT2D eigenvalue weighted by Gasteiger charge is -2.03. The summed E-state index contributed by atoms with van der Waals surface area (Å²) in [4.78, 5) is 4.08. The Kier molecular flexibility index (Phi) is 2.97. The fraction of sp³-hybridized carbons (Fsp3) is 0.0769. The Labute approximate surface area is 107 Å². The molecule has 96 valence electrons. The average molecular weight is 260 g/mol. The third-order valence-corrected chi connectivity index (χ3v) is 2.39. The Morgan fingerprint density at radius 1 is 1.16 bits per heavy atom. The monoisotopic (exact) mass is 260 g/mol. The lowest BCUT2D eigenvalue weighted by molar-refractivity contribution is 0.273. The lowest BCUT2D eigenvalue weighted by atomic mass is 10.3. The van der Waals surface area contributed by atoms with Crippen LogP contribution in [0.25, 0.3) is 11.7 Å². The van der Waals surface area contributed by atoms with Gasteiger partial charge in [-0.2, -0.15) is 4.98 Å². The summed E-state index contributed by atoms with van der Waals surface area (Å²) in [6, 6.07) is 9.54. The molecule has 0 spiro atoms. The summed E-state index contributed by atoms with van der Waals surface area (Å²) in [5.41, 5.74) is 0. The van der Waals surface area contributed by atoms with Gasteiger partial charge >= 0.3 is 0 Å². The zero-order valence-corrected chi connectivity index (χ0v) is 9.75. The number of halogens is 1. The number of furan rings is 1. The van der Waals surface area contributed by atoms with Crippen molar-refractivity contribution in [1.82, 2.24) is 10.1 Å². The predicted molar refractivity (Wildman–Crippen MR) is 62.7 cm³/mol. The largest absolute Gasteiger partial charge is 0.482 e. The summed E-state index contributed by atoms with van der Waals surface area (Å²) < 4.78 is 28.7. The topological polar surface area (TPSA) is 61.3 Å². The molecule has 0 N–H and O–H groups in total. The van der Waals surface area contributed by atoms with Crippen LogP contribution in [-0.4, -0.2) is 10.1 Å². The minimum atomic E-state index is -0.433. The fourth-order valence-corrected chi connectivity index (χ4v) is 1.52. The molecule has 0 aliphatic carbocycles. The van der Waals surface area contributed by atoms with E-state index in [0.29, 0.717) is 11.6 Å². The van der Waals surface area contributed by atoms with Gasteiger partial charge in [0.2, 0.25) is 5.82 Å². The van der Waals surface area contributed by atoms with Gasteiger partial charge in [0.1, 0.15) is 0 Å². The van der Waals surface area contributed by atoms with E-state index in [1.165, 1.54) is 18.4 Å². The smallest absolute Gasteiger partial charge is 0.293 e. The molecular formula is C13H9FN2O3. The second-order valence-electron chi connectivity index (χ2n) is 3.71. The Morgan fingerprint density at radius 3 is 2.84 bits per heavy atom. The number of aromatic nitrogens is 2. The molecule has 0 aliphatic heterocycles. The maximum Gasteiger partial charge on any atom is 0.293 e. The third kappa shape index (κ3) is 2.47. The van der Waals surface area contributed by atoms with Gasteiger partial charge in [0.25, 0.3) is 5.89 Å². The van der Waals surface area contributed by atoms with Crippen LogP contribution in [-0.2, 0) is 6.61 Å². The van der Waals surface area contributed by atoms with Crippen molar-refractivity contribution < 1.29 is 18.1 Å². The van der Waals surface area contributed by atoms with Crippen molar-refractivity contribution in [2.45, 2.75) is 6.61 Å². The van der Waals surface area contributed by atoms with E-state index in [1.807, 2.05) is 0 Å². The van der Waals surface area contributed by atoms with Crippen molar-refractivity contribution in [3.8, 4) is 17.4 Å². The van der Waals surface area contributed by atoms with E-state index in [-0.39, 0.29) is 18.2 Å². The van der Waals surface area contributed by atoms with Crippen molar-refractivity contribution >= 4 is 0 Å². The first-order valence-corrected chi connectivity index (χ1v) is 5.57. The van der Waals surface area contributed by atoms with Crippen molar-refractivity contribution in [3.05, 3.63) is 54.3 Å². The Morgan fingerprint density at radius 2 is 2.05 bits per heavy atom. The van der Waals surface area contributed by atoms with Gasteiger partial charge < -0.3 is 13.7 Å². The fourth-order valence-electron chi connectivity index (χ4n) is 1.52. The Hall–Kier alpha value is -2.63. The van der Waals surface area contributed by atoms with Gasteiger partial charge in [-0.05, 0) is 24.3 Å². The molecule has 0 fully saturated rings. The van der Waals surface area contributed by atoms with Gasteiger partial charge in [-0.3, -0.25) is 0 Å². The van der Waals surface area contributed by atoms with Gasteiger partial charge in [0.05, 0.1) is 6.26 Å². The first-order valence-electron chi connectivity index (χ1n) is 5.57. The van der Waals surface area contributed by atoms with Crippen molar-refractivity contribution in [2.24, 2.45) is 0 Å². The highest BCUT2D eigenvalue weighted by Gasteiger charge is 2.12. The first kappa shape index (κ1) is 11.5. The predicted octanol–water partition coefficient (Wildman–Crippen LogP) is 3.05. The molecule has 3 rings (SSSR count). The van der Waals surface area contributed by atoms with E-state index in [2.05, 4.69) is 10.1 Å². The van der Waals surface area contributed by atoms with Gasteiger partial charge in [0.15, 0.2) is 23.9 Å². The van der Waals surface area contributed by atoms with Crippen LogP contribution in [0, 0.1) is 5.82 Å². The molecule has 6 heteroatoms. The van der Waals surface area contributed by atoms with Crippen LogP contribution in [0.3, 0.4) is 0 Å².